The van der Waals surface area contributed by atoms with E-state index in [-0.39, 0.29) is 0 Å². The quantitative estimate of drug-likeness (QED) is 0.228. The topological polar surface area (TPSA) is 0 Å². The van der Waals surface area contributed by atoms with Crippen molar-refractivity contribution in [1.82, 2.24) is 0 Å². The summed E-state index contributed by atoms with van der Waals surface area (Å²) in [5.74, 6) is 0. The van der Waals surface area contributed by atoms with E-state index in [0.717, 1.165) is 19.3 Å². The lowest BCUT2D eigenvalue weighted by atomic mass is 10.0. The third-order valence-electron chi connectivity index (χ3n) is 4.25. The summed E-state index contributed by atoms with van der Waals surface area (Å²) in [6.45, 7) is 18.1. The number of hydrogen-bond acceptors (Lipinski definition) is 0. The van der Waals surface area contributed by atoms with E-state index >= 15 is 0 Å². The summed E-state index contributed by atoms with van der Waals surface area (Å²) in [7, 11) is 0. The summed E-state index contributed by atoms with van der Waals surface area (Å²) in [6, 6.07) is 0. The van der Waals surface area contributed by atoms with Crippen LogP contribution in [0.2, 0.25) is 0 Å². The maximum Gasteiger partial charge on any atom is -0.0142 e. The predicted octanol–water partition coefficient (Wildman–Crippen LogP) is 9.29. The second-order valence-corrected chi connectivity index (χ2v) is 6.87. The third-order valence-corrected chi connectivity index (χ3v) is 4.25. The van der Waals surface area contributed by atoms with Crippen LogP contribution < -0.4 is 0 Å². The maximum absolute atomic E-state index is 3.78. The van der Waals surface area contributed by atoms with E-state index in [1.807, 2.05) is 12.2 Å². The molecule has 0 aromatic heterocycles. The van der Waals surface area contributed by atoms with Crippen LogP contribution in [0.5, 0.6) is 0 Å². The molecule has 0 amide bonds. The van der Waals surface area contributed by atoms with Crippen molar-refractivity contribution in [3.63, 3.8) is 0 Å². The van der Waals surface area contributed by atoms with Gasteiger partial charge >= 0.3 is 0 Å². The van der Waals surface area contributed by atoms with E-state index in [9.17, 15) is 0 Å². The minimum Gasteiger partial charge on any atom is -0.103 e. The molecule has 0 rings (SSSR count). The monoisotopic (exact) mass is 356 g/mol. The Labute approximate surface area is 165 Å². The van der Waals surface area contributed by atoms with Crippen LogP contribution in [0.3, 0.4) is 0 Å². The van der Waals surface area contributed by atoms with E-state index in [2.05, 4.69) is 78.2 Å². The van der Waals surface area contributed by atoms with Crippen LogP contribution in [0.25, 0.3) is 0 Å². The van der Waals surface area contributed by atoms with Gasteiger partial charge in [-0.15, -0.1) is 13.2 Å². The minimum absolute atomic E-state index is 1.04. The summed E-state index contributed by atoms with van der Waals surface area (Å²) in [6.07, 6.45) is 25.9. The molecular weight excluding hydrogens is 312 g/mol. The number of allylic oxidation sites excluding steroid dienone is 10. The average molecular weight is 357 g/mol. The summed E-state index contributed by atoms with van der Waals surface area (Å²) in [5.41, 5.74) is 4.46. The number of unbranched alkanes of at least 4 members (excludes halogenated alkanes) is 3. The predicted molar refractivity (Wildman–Crippen MR) is 124 cm³/mol. The van der Waals surface area contributed by atoms with Gasteiger partial charge in [-0.25, -0.2) is 0 Å². The largest absolute Gasteiger partial charge is 0.103 e. The molecule has 0 nitrogen and oxygen atoms in total. The molecule has 0 spiro atoms. The summed E-state index contributed by atoms with van der Waals surface area (Å²) < 4.78 is 0. The molecule has 0 saturated carbocycles. The van der Waals surface area contributed by atoms with Crippen molar-refractivity contribution < 1.29 is 0 Å². The van der Waals surface area contributed by atoms with Gasteiger partial charge in [-0.05, 0) is 86.0 Å². The highest BCUT2D eigenvalue weighted by molar-refractivity contribution is 5.06. The first-order valence-corrected chi connectivity index (χ1v) is 10.3. The molecule has 0 unspecified atom stereocenters. The van der Waals surface area contributed by atoms with Gasteiger partial charge in [-0.2, -0.15) is 0 Å². The molecule has 0 aliphatic carbocycles. The van der Waals surface area contributed by atoms with Crippen LogP contribution >= 0.6 is 0 Å². The van der Waals surface area contributed by atoms with E-state index in [1.54, 1.807) is 0 Å². The molecule has 0 aliphatic heterocycles. The lowest BCUT2D eigenvalue weighted by Gasteiger charge is -2.03. The number of hydrogen-bond donors (Lipinski definition) is 0. The Bertz CT molecular complexity index is 450. The van der Waals surface area contributed by atoms with Crippen LogP contribution in [-0.4, -0.2) is 0 Å². The SMILES string of the molecule is C=CCC(=CC)CCC=CC.C=CCC(=CC)CCCCCC=C(C)C. The zero-order chi connectivity index (χ0) is 20.0. The maximum atomic E-state index is 3.78. The highest BCUT2D eigenvalue weighted by Crippen LogP contribution is 2.14. The van der Waals surface area contributed by atoms with Crippen molar-refractivity contribution >= 4 is 0 Å². The summed E-state index contributed by atoms with van der Waals surface area (Å²) >= 11 is 0. The standard InChI is InChI=1S/C15H26.C11H18/c1-5-11-15(6-2)13-10-8-7-9-12-14(3)4;1-4-7-8-10-11(6-3)9-5-2/h5-6,12H,1,7-11,13H2,2-4H3;4-7H,2,8-10H2,1,3H3. The smallest absolute Gasteiger partial charge is 0.0142 e. The van der Waals surface area contributed by atoms with E-state index in [4.69, 9.17) is 0 Å². The Balaban J connectivity index is 0. The highest BCUT2D eigenvalue weighted by atomic mass is 14.0. The molecule has 0 heteroatoms. The van der Waals surface area contributed by atoms with E-state index in [0.29, 0.717) is 0 Å². The van der Waals surface area contributed by atoms with Crippen LogP contribution in [0, 0.1) is 0 Å². The molecule has 0 N–H and O–H groups in total. The molecule has 0 bridgehead atoms. The van der Waals surface area contributed by atoms with Crippen LogP contribution in [0.15, 0.2) is 72.4 Å². The Morgan fingerprint density at radius 1 is 0.731 bits per heavy atom. The van der Waals surface area contributed by atoms with E-state index < -0.39 is 0 Å². The van der Waals surface area contributed by atoms with Crippen molar-refractivity contribution in [2.75, 3.05) is 0 Å². The highest BCUT2D eigenvalue weighted by Gasteiger charge is 1.94. The van der Waals surface area contributed by atoms with Crippen molar-refractivity contribution in [3.8, 4) is 0 Å². The fourth-order valence-electron chi connectivity index (χ4n) is 2.60. The molecule has 0 saturated heterocycles. The third kappa shape index (κ3) is 20.5. The molecule has 0 fully saturated rings. The Morgan fingerprint density at radius 2 is 1.31 bits per heavy atom. The first-order chi connectivity index (χ1) is 12.5. The lowest BCUT2D eigenvalue weighted by molar-refractivity contribution is 0.677. The second-order valence-electron chi connectivity index (χ2n) is 6.87. The molecule has 0 aliphatic rings. The van der Waals surface area contributed by atoms with Gasteiger partial charge in [0.05, 0.1) is 0 Å². The molecule has 26 heavy (non-hydrogen) atoms. The summed E-state index contributed by atoms with van der Waals surface area (Å²) in [4.78, 5) is 0. The Hall–Kier alpha value is -1.56. The molecule has 0 radical (unpaired) electrons. The normalized spacial score (nSPS) is 11.7. The van der Waals surface area contributed by atoms with Gasteiger partial charge in [0.2, 0.25) is 0 Å². The van der Waals surface area contributed by atoms with Crippen LogP contribution in [-0.2, 0) is 0 Å². The van der Waals surface area contributed by atoms with Gasteiger partial charge in [0.1, 0.15) is 0 Å². The summed E-state index contributed by atoms with van der Waals surface area (Å²) in [5, 5.41) is 0. The first-order valence-electron chi connectivity index (χ1n) is 10.3. The molecule has 0 atom stereocenters. The second kappa shape index (κ2) is 21.5. The number of rotatable bonds is 13. The zero-order valence-corrected chi connectivity index (χ0v) is 18.3. The van der Waals surface area contributed by atoms with Gasteiger partial charge in [-0.1, -0.05) is 65.7 Å². The van der Waals surface area contributed by atoms with Crippen molar-refractivity contribution in [2.45, 2.75) is 92.4 Å². The van der Waals surface area contributed by atoms with Crippen molar-refractivity contribution in [3.05, 3.63) is 72.4 Å². The Morgan fingerprint density at radius 3 is 1.77 bits per heavy atom. The molecule has 0 heterocycles. The average Bonchev–Trinajstić information content (AvgIpc) is 2.63. The molecule has 0 aromatic rings. The van der Waals surface area contributed by atoms with Gasteiger partial charge in [0.15, 0.2) is 0 Å². The zero-order valence-electron chi connectivity index (χ0n) is 18.3. The van der Waals surface area contributed by atoms with Gasteiger partial charge < -0.3 is 0 Å². The van der Waals surface area contributed by atoms with Crippen molar-refractivity contribution in [1.29, 1.82) is 0 Å². The van der Waals surface area contributed by atoms with Gasteiger partial charge in [0, 0.05) is 0 Å². The molecular formula is C26H44. The fraction of sp³-hybridized carbons (Fsp3) is 0.538. The van der Waals surface area contributed by atoms with E-state index in [1.165, 1.54) is 55.2 Å². The minimum atomic E-state index is 1.04. The molecule has 148 valence electrons. The van der Waals surface area contributed by atoms with Gasteiger partial charge in [-0.3, -0.25) is 0 Å². The van der Waals surface area contributed by atoms with Crippen molar-refractivity contribution in [2.24, 2.45) is 0 Å². The van der Waals surface area contributed by atoms with Crippen LogP contribution in [0.1, 0.15) is 92.4 Å². The molecule has 0 aromatic carbocycles. The lowest BCUT2D eigenvalue weighted by Crippen LogP contribution is -1.83. The van der Waals surface area contributed by atoms with Gasteiger partial charge in [0.25, 0.3) is 0 Å². The van der Waals surface area contributed by atoms with Crippen LogP contribution in [0.4, 0.5) is 0 Å². The fourth-order valence-corrected chi connectivity index (χ4v) is 2.60. The Kier molecular flexibility index (Phi) is 22.0. The first kappa shape index (κ1) is 26.7.